The number of nitrogens with one attached hydrogen (secondary N) is 2. The summed E-state index contributed by atoms with van der Waals surface area (Å²) in [4.78, 5) is 41.8. The molecule has 0 aliphatic heterocycles. The largest absolute Gasteiger partial charge is 0.444 e. The quantitative estimate of drug-likeness (QED) is 0.523. The van der Waals surface area contributed by atoms with Gasteiger partial charge >= 0.3 is 6.09 Å². The Bertz CT molecular complexity index is 858. The molecule has 0 radical (unpaired) electrons. The van der Waals surface area contributed by atoms with E-state index in [2.05, 4.69) is 10.6 Å². The van der Waals surface area contributed by atoms with Crippen LogP contribution < -0.4 is 10.6 Å². The molecule has 1 aromatic carbocycles. The molecule has 0 aromatic heterocycles. The van der Waals surface area contributed by atoms with Gasteiger partial charge in [-0.15, -0.1) is 0 Å². The minimum Gasteiger partial charge on any atom is -0.444 e. The van der Waals surface area contributed by atoms with Gasteiger partial charge in [0.2, 0.25) is 11.8 Å². The van der Waals surface area contributed by atoms with Crippen molar-refractivity contribution in [2.45, 2.75) is 112 Å². The van der Waals surface area contributed by atoms with Gasteiger partial charge in [-0.05, 0) is 79.4 Å². The van der Waals surface area contributed by atoms with Crippen LogP contribution in [0.5, 0.6) is 0 Å². The number of aryl methyl sites for hydroxylation is 2. The van der Waals surface area contributed by atoms with Crippen molar-refractivity contribution < 1.29 is 19.1 Å². The third kappa shape index (κ3) is 8.33. The van der Waals surface area contributed by atoms with Crippen LogP contribution >= 0.6 is 0 Å². The van der Waals surface area contributed by atoms with Crippen molar-refractivity contribution >= 4 is 17.9 Å². The number of alkyl carbamates (subject to hydrolysis) is 1. The van der Waals surface area contributed by atoms with Crippen LogP contribution in [0.15, 0.2) is 18.2 Å². The van der Waals surface area contributed by atoms with Crippen molar-refractivity contribution in [3.8, 4) is 0 Å². The van der Waals surface area contributed by atoms with Crippen molar-refractivity contribution in [2.24, 2.45) is 5.92 Å². The van der Waals surface area contributed by atoms with Gasteiger partial charge in [0.1, 0.15) is 17.7 Å². The van der Waals surface area contributed by atoms with Gasteiger partial charge < -0.3 is 20.3 Å². The van der Waals surface area contributed by atoms with Gasteiger partial charge in [-0.25, -0.2) is 4.79 Å². The highest BCUT2D eigenvalue weighted by Gasteiger charge is 2.40. The topological polar surface area (TPSA) is 87.7 Å². The Morgan fingerprint density at radius 1 is 1.00 bits per heavy atom. The van der Waals surface area contributed by atoms with E-state index in [0.29, 0.717) is 6.42 Å². The monoisotopic (exact) mass is 475 g/mol. The number of carbonyl (C=O) groups excluding carboxylic acids is 3. The van der Waals surface area contributed by atoms with E-state index >= 15 is 0 Å². The second-order valence-electron chi connectivity index (χ2n) is 10.8. The molecule has 192 valence electrons. The van der Waals surface area contributed by atoms with E-state index in [9.17, 15) is 14.4 Å². The maximum atomic E-state index is 14.1. The lowest BCUT2D eigenvalue weighted by molar-refractivity contribution is -0.145. The molecule has 7 nitrogen and oxygen atoms in total. The highest BCUT2D eigenvalue weighted by Crippen LogP contribution is 2.29. The van der Waals surface area contributed by atoms with Crippen LogP contribution in [-0.2, 0) is 14.3 Å². The first kappa shape index (κ1) is 29.5. The summed E-state index contributed by atoms with van der Waals surface area (Å²) >= 11 is 0. The van der Waals surface area contributed by atoms with E-state index in [1.165, 1.54) is 0 Å². The summed E-state index contributed by atoms with van der Waals surface area (Å²) in [7, 11) is 0. The van der Waals surface area contributed by atoms with Gasteiger partial charge in [-0.2, -0.15) is 0 Å². The number of benzene rings is 1. The smallest absolute Gasteiger partial charge is 0.408 e. The van der Waals surface area contributed by atoms with Crippen molar-refractivity contribution in [1.29, 1.82) is 0 Å². The third-order valence-electron chi connectivity index (χ3n) is 5.65. The standard InChI is InChI=1S/C27H45N3O4/c1-12-19(7)22(29-26(33)34-27(9,10)11)25(32)30(17(4)5)23(24(31)28-16(2)3)21-15-18(6)13-14-20(21)8/h13-17,19,22-23H,12H2,1-11H3,(H,28,31)(H,29,33). The fraction of sp³-hybridized carbons (Fsp3) is 0.667. The average Bonchev–Trinajstić information content (AvgIpc) is 2.68. The van der Waals surface area contributed by atoms with Crippen LogP contribution in [0, 0.1) is 19.8 Å². The number of ether oxygens (including phenoxy) is 1. The number of carbonyl (C=O) groups is 3. The van der Waals surface area contributed by atoms with Crippen molar-refractivity contribution in [1.82, 2.24) is 15.5 Å². The highest BCUT2D eigenvalue weighted by molar-refractivity contribution is 5.92. The van der Waals surface area contributed by atoms with Crippen LogP contribution in [0.2, 0.25) is 0 Å². The van der Waals surface area contributed by atoms with Gasteiger partial charge in [-0.3, -0.25) is 9.59 Å². The van der Waals surface area contributed by atoms with Crippen molar-refractivity contribution in [2.75, 3.05) is 0 Å². The lowest BCUT2D eigenvalue weighted by atomic mass is 9.92. The van der Waals surface area contributed by atoms with E-state index < -0.39 is 23.8 Å². The molecule has 3 atom stereocenters. The minimum absolute atomic E-state index is 0.0884. The molecule has 1 aromatic rings. The number of hydrogen-bond acceptors (Lipinski definition) is 4. The van der Waals surface area contributed by atoms with Crippen LogP contribution in [0.4, 0.5) is 4.79 Å². The maximum absolute atomic E-state index is 14.1. The SMILES string of the molecule is CCC(C)C(NC(=O)OC(C)(C)C)C(=O)N(C(C)C)C(C(=O)NC(C)C)c1cc(C)ccc1C. The van der Waals surface area contributed by atoms with E-state index in [1.54, 1.807) is 25.7 Å². The minimum atomic E-state index is -0.832. The molecule has 3 unspecified atom stereocenters. The Labute approximate surface area is 206 Å². The second kappa shape index (κ2) is 12.2. The van der Waals surface area contributed by atoms with E-state index in [-0.39, 0.29) is 29.8 Å². The molecule has 34 heavy (non-hydrogen) atoms. The number of rotatable bonds is 9. The molecule has 7 heteroatoms. The Balaban J connectivity index is 3.57. The predicted octanol–water partition coefficient (Wildman–Crippen LogP) is 5.05. The lowest BCUT2D eigenvalue weighted by Gasteiger charge is -2.39. The van der Waals surface area contributed by atoms with Crippen LogP contribution in [0.3, 0.4) is 0 Å². The molecule has 0 heterocycles. The van der Waals surface area contributed by atoms with Gasteiger partial charge in [0, 0.05) is 12.1 Å². The number of amides is 3. The Morgan fingerprint density at radius 2 is 1.59 bits per heavy atom. The summed E-state index contributed by atoms with van der Waals surface area (Å²) in [5.74, 6) is -0.709. The first-order valence-corrected chi connectivity index (χ1v) is 12.3. The molecule has 0 saturated heterocycles. The zero-order valence-electron chi connectivity index (χ0n) is 22.9. The lowest BCUT2D eigenvalue weighted by Crippen LogP contribution is -2.57. The third-order valence-corrected chi connectivity index (χ3v) is 5.65. The van der Waals surface area contributed by atoms with E-state index in [4.69, 9.17) is 4.74 Å². The molecule has 2 N–H and O–H groups in total. The summed E-state index contributed by atoms with van der Waals surface area (Å²) in [5.41, 5.74) is 2.02. The summed E-state index contributed by atoms with van der Waals surface area (Å²) in [6, 6.07) is 3.88. The highest BCUT2D eigenvalue weighted by atomic mass is 16.6. The summed E-state index contributed by atoms with van der Waals surface area (Å²) in [5, 5.41) is 5.77. The fourth-order valence-electron chi connectivity index (χ4n) is 3.79. The van der Waals surface area contributed by atoms with Gasteiger partial charge in [-0.1, -0.05) is 44.0 Å². The average molecular weight is 476 g/mol. The predicted molar refractivity (Wildman–Crippen MR) is 137 cm³/mol. The number of hydrogen-bond donors (Lipinski definition) is 2. The van der Waals surface area contributed by atoms with Gasteiger partial charge in [0.25, 0.3) is 0 Å². The second-order valence-corrected chi connectivity index (χ2v) is 10.8. The molecule has 0 fully saturated rings. The summed E-state index contributed by atoms with van der Waals surface area (Å²) in [6.07, 6.45) is 0.0227. The number of nitrogens with zero attached hydrogens (tertiary/aromatic N) is 1. The zero-order chi connectivity index (χ0) is 26.4. The molecule has 0 saturated carbocycles. The molecule has 0 bridgehead atoms. The Hall–Kier alpha value is -2.57. The molecule has 0 spiro atoms. The Kier molecular flexibility index (Phi) is 10.6. The van der Waals surface area contributed by atoms with Gasteiger partial charge in [0.15, 0.2) is 0 Å². The van der Waals surface area contributed by atoms with Crippen LogP contribution in [0.25, 0.3) is 0 Å². The molecular weight excluding hydrogens is 430 g/mol. The van der Waals surface area contributed by atoms with Crippen molar-refractivity contribution in [3.05, 3.63) is 34.9 Å². The van der Waals surface area contributed by atoms with Crippen LogP contribution in [0.1, 0.15) is 91.5 Å². The van der Waals surface area contributed by atoms with Crippen molar-refractivity contribution in [3.63, 3.8) is 0 Å². The first-order valence-electron chi connectivity index (χ1n) is 12.3. The zero-order valence-corrected chi connectivity index (χ0v) is 22.9. The molecule has 3 amide bonds. The molecule has 1 rings (SSSR count). The molecular formula is C27H45N3O4. The van der Waals surface area contributed by atoms with E-state index in [0.717, 1.165) is 16.7 Å². The fourth-order valence-corrected chi connectivity index (χ4v) is 3.79. The maximum Gasteiger partial charge on any atom is 0.408 e. The first-order chi connectivity index (χ1) is 15.6. The van der Waals surface area contributed by atoms with Crippen LogP contribution in [-0.4, -0.2) is 46.5 Å². The van der Waals surface area contributed by atoms with Gasteiger partial charge in [0.05, 0.1) is 0 Å². The summed E-state index contributed by atoms with van der Waals surface area (Å²) < 4.78 is 5.43. The Morgan fingerprint density at radius 3 is 2.06 bits per heavy atom. The summed E-state index contributed by atoms with van der Waals surface area (Å²) in [6.45, 7) is 20.7. The normalized spacial score (nSPS) is 14.4. The molecule has 0 aliphatic rings. The molecule has 0 aliphatic carbocycles. The van der Waals surface area contributed by atoms with E-state index in [1.807, 2.05) is 73.6 Å².